The van der Waals surface area contributed by atoms with Crippen molar-refractivity contribution in [3.8, 4) is 29.0 Å². The van der Waals surface area contributed by atoms with Crippen LogP contribution in [0.15, 0.2) is 54.6 Å². The van der Waals surface area contributed by atoms with E-state index in [9.17, 15) is 5.11 Å². The van der Waals surface area contributed by atoms with Gasteiger partial charge in [0.2, 0.25) is 0 Å². The van der Waals surface area contributed by atoms with Gasteiger partial charge in [-0.2, -0.15) is 5.26 Å². The second-order valence-electron chi connectivity index (χ2n) is 4.10. The van der Waals surface area contributed by atoms with Crippen LogP contribution in [-0.4, -0.2) is 20.2 Å². The number of nitriles is 1. The van der Waals surface area contributed by atoms with Crippen LogP contribution in [0.25, 0.3) is 17.1 Å². The van der Waals surface area contributed by atoms with Gasteiger partial charge in [-0.3, -0.25) is 0 Å². The highest BCUT2D eigenvalue weighted by molar-refractivity contribution is 5.51. The topological polar surface area (TPSA) is 78.6 Å². The normalized spacial score (nSPS) is 10.2. The van der Waals surface area contributed by atoms with Gasteiger partial charge in [0.25, 0.3) is 6.19 Å². The lowest BCUT2D eigenvalue weighted by Crippen LogP contribution is -2.41. The zero-order valence-electron chi connectivity index (χ0n) is 10.4. The first-order valence-electron chi connectivity index (χ1n) is 5.92. The first-order valence-corrected chi connectivity index (χ1v) is 5.92. The minimum atomic E-state index is 0.111. The molecule has 0 atom stereocenters. The quantitative estimate of drug-likeness (QED) is 0.707. The predicted molar refractivity (Wildman–Crippen MR) is 69.7 cm³/mol. The molecule has 0 aliphatic heterocycles. The highest BCUT2D eigenvalue weighted by Gasteiger charge is 2.23. The number of aromatic nitrogens is 4. The minimum Gasteiger partial charge on any atom is -0.508 e. The number of tetrazole rings is 1. The molecule has 0 unspecified atom stereocenters. The summed E-state index contributed by atoms with van der Waals surface area (Å²) in [7, 11) is 0. The van der Waals surface area contributed by atoms with Crippen molar-refractivity contribution in [3.63, 3.8) is 0 Å². The van der Waals surface area contributed by atoms with Crippen LogP contribution in [0.1, 0.15) is 0 Å². The molecule has 0 aliphatic carbocycles. The van der Waals surface area contributed by atoms with Gasteiger partial charge in [0.05, 0.1) is 10.4 Å². The van der Waals surface area contributed by atoms with E-state index in [0.29, 0.717) is 11.5 Å². The van der Waals surface area contributed by atoms with E-state index >= 15 is 0 Å². The van der Waals surface area contributed by atoms with Crippen LogP contribution in [0, 0.1) is 11.5 Å². The van der Waals surface area contributed by atoms with Crippen molar-refractivity contribution in [1.29, 1.82) is 5.26 Å². The van der Waals surface area contributed by atoms with Gasteiger partial charge in [-0.05, 0) is 24.3 Å². The molecular weight excluding hydrogens is 254 g/mol. The van der Waals surface area contributed by atoms with E-state index in [0.717, 1.165) is 10.4 Å². The van der Waals surface area contributed by atoms with Crippen LogP contribution >= 0.6 is 0 Å². The van der Waals surface area contributed by atoms with Gasteiger partial charge >= 0.3 is 5.82 Å². The van der Waals surface area contributed by atoms with E-state index in [1.807, 2.05) is 36.5 Å². The zero-order valence-corrected chi connectivity index (χ0v) is 10.4. The molecule has 0 amide bonds. The van der Waals surface area contributed by atoms with E-state index < -0.39 is 0 Å². The average molecular weight is 264 g/mol. The number of hydrogen-bond donors (Lipinski definition) is 1. The maximum atomic E-state index is 9.59. The summed E-state index contributed by atoms with van der Waals surface area (Å²) in [5.41, 5.74) is 1.44. The molecule has 6 heteroatoms. The molecule has 1 N–H and O–H groups in total. The van der Waals surface area contributed by atoms with Gasteiger partial charge in [-0.15, -0.1) is 4.68 Å². The summed E-state index contributed by atoms with van der Waals surface area (Å²) in [4.78, 5) is 1.07. The van der Waals surface area contributed by atoms with Crippen molar-refractivity contribution >= 4 is 0 Å². The monoisotopic (exact) mass is 264 g/mol. The van der Waals surface area contributed by atoms with Crippen molar-refractivity contribution in [2.45, 2.75) is 0 Å². The lowest BCUT2D eigenvalue weighted by atomic mass is 10.2. The molecule has 0 fully saturated rings. The Morgan fingerprint density at radius 2 is 1.90 bits per heavy atom. The molecule has 0 aliphatic rings. The van der Waals surface area contributed by atoms with Crippen molar-refractivity contribution < 1.29 is 9.79 Å². The van der Waals surface area contributed by atoms with Gasteiger partial charge in [-0.1, -0.05) is 24.3 Å². The molecule has 1 heterocycles. The summed E-state index contributed by atoms with van der Waals surface area (Å²) in [5.74, 6) is 0.637. The molecule has 0 saturated carbocycles. The Morgan fingerprint density at radius 1 is 1.10 bits per heavy atom. The second-order valence-corrected chi connectivity index (χ2v) is 4.10. The van der Waals surface area contributed by atoms with Crippen LogP contribution < -0.4 is 4.68 Å². The third-order valence-electron chi connectivity index (χ3n) is 2.81. The van der Waals surface area contributed by atoms with E-state index in [4.69, 9.17) is 5.26 Å². The van der Waals surface area contributed by atoms with Gasteiger partial charge in [-0.25, -0.2) is 0 Å². The maximum Gasteiger partial charge on any atom is 0.338 e. The van der Waals surface area contributed by atoms with Crippen molar-refractivity contribution in [2.75, 3.05) is 0 Å². The summed E-state index contributed by atoms with van der Waals surface area (Å²) in [5, 5.41) is 26.6. The molecule has 3 aromatic rings. The third-order valence-corrected chi connectivity index (χ3v) is 2.81. The molecule has 96 valence electrons. The highest BCUT2D eigenvalue weighted by atomic mass is 16.3. The van der Waals surface area contributed by atoms with Crippen LogP contribution in [-0.2, 0) is 0 Å². The number of hydrogen-bond acceptors (Lipinski definition) is 4. The molecule has 1 aromatic heterocycles. The smallest absolute Gasteiger partial charge is 0.338 e. The number of nitrogens with zero attached hydrogens (tertiary/aromatic N) is 5. The molecule has 0 bridgehead atoms. The maximum absolute atomic E-state index is 9.59. The lowest BCUT2D eigenvalue weighted by molar-refractivity contribution is -0.668. The average Bonchev–Trinajstić information content (AvgIpc) is 2.92. The molecule has 6 nitrogen and oxygen atoms in total. The van der Waals surface area contributed by atoms with Gasteiger partial charge < -0.3 is 5.11 Å². The van der Waals surface area contributed by atoms with Crippen molar-refractivity contribution in [3.05, 3.63) is 54.6 Å². The second kappa shape index (κ2) is 4.82. The number of rotatable bonds is 2. The predicted octanol–water partition coefficient (Wildman–Crippen LogP) is 1.26. The highest BCUT2D eigenvalue weighted by Crippen LogP contribution is 2.15. The Bertz CT molecular complexity index is 789. The number of phenols is 1. The molecular formula is C14H10N5O+. The molecule has 20 heavy (non-hydrogen) atoms. The summed E-state index contributed by atoms with van der Waals surface area (Å²) in [6.07, 6.45) is 1.93. The SMILES string of the molecule is N#Cn1nnc(-c2ccccc2)[n+]1-c1cccc(O)c1. The summed E-state index contributed by atoms with van der Waals surface area (Å²) in [6.45, 7) is 0. The van der Waals surface area contributed by atoms with E-state index in [1.165, 1.54) is 4.68 Å². The Labute approximate surface area is 114 Å². The molecule has 0 spiro atoms. The lowest BCUT2D eigenvalue weighted by Gasteiger charge is -2.01. The number of phenolic OH excluding ortho intramolecular Hbond substituents is 1. The van der Waals surface area contributed by atoms with Crippen molar-refractivity contribution in [1.82, 2.24) is 15.1 Å². The summed E-state index contributed by atoms with van der Waals surface area (Å²) < 4.78 is 1.54. The van der Waals surface area contributed by atoms with Crippen molar-refractivity contribution in [2.24, 2.45) is 0 Å². The fourth-order valence-corrected chi connectivity index (χ4v) is 1.95. The fraction of sp³-hybridized carbons (Fsp3) is 0. The minimum absolute atomic E-state index is 0.111. The third kappa shape index (κ3) is 1.97. The Kier molecular flexibility index (Phi) is 2.86. The molecule has 2 aromatic carbocycles. The van der Waals surface area contributed by atoms with Crippen LogP contribution in [0.5, 0.6) is 5.75 Å². The largest absolute Gasteiger partial charge is 0.508 e. The van der Waals surface area contributed by atoms with E-state index in [-0.39, 0.29) is 5.75 Å². The van der Waals surface area contributed by atoms with Gasteiger partial charge in [0.1, 0.15) is 16.5 Å². The summed E-state index contributed by atoms with van der Waals surface area (Å²) in [6, 6.07) is 16.0. The molecule has 3 rings (SSSR count). The van der Waals surface area contributed by atoms with Crippen LogP contribution in [0.4, 0.5) is 0 Å². The number of aromatic hydroxyl groups is 1. The first-order chi connectivity index (χ1) is 9.79. The zero-order chi connectivity index (χ0) is 13.9. The fourth-order valence-electron chi connectivity index (χ4n) is 1.95. The van der Waals surface area contributed by atoms with Crippen LogP contribution in [0.2, 0.25) is 0 Å². The van der Waals surface area contributed by atoms with Gasteiger partial charge in [0, 0.05) is 6.07 Å². The van der Waals surface area contributed by atoms with E-state index in [2.05, 4.69) is 10.3 Å². The standard InChI is InChI=1S/C14H9N5O/c15-10-18-17-16-14(11-5-2-1-3-6-11)19(18)12-7-4-8-13(20)9-12/h1-9H/p+1. The number of benzene rings is 2. The summed E-state index contributed by atoms with van der Waals surface area (Å²) >= 11 is 0. The molecule has 0 radical (unpaired) electrons. The van der Waals surface area contributed by atoms with Crippen LogP contribution in [0.3, 0.4) is 0 Å². The Morgan fingerprint density at radius 3 is 2.60 bits per heavy atom. The van der Waals surface area contributed by atoms with Gasteiger partial charge in [0.15, 0.2) is 5.21 Å². The Hall–Kier alpha value is -3.20. The first kappa shape index (κ1) is 11.9. The van der Waals surface area contributed by atoms with E-state index in [1.54, 1.807) is 24.3 Å². The molecule has 0 saturated heterocycles. The Balaban J connectivity index is 2.24.